The average Bonchev–Trinajstić information content (AvgIpc) is 2.14. The molecule has 0 amide bonds. The van der Waals surface area contributed by atoms with E-state index in [1.807, 2.05) is 0 Å². The summed E-state index contributed by atoms with van der Waals surface area (Å²) in [5.41, 5.74) is 6.65. The van der Waals surface area contributed by atoms with Crippen LogP contribution in [-0.4, -0.2) is 6.04 Å². The highest BCUT2D eigenvalue weighted by Crippen LogP contribution is 2.31. The molecular weight excluding hydrogens is 182 g/mol. The van der Waals surface area contributed by atoms with E-state index in [0.29, 0.717) is 11.5 Å². The maximum absolute atomic E-state index is 6.07. The molecule has 90 valence electrons. The van der Waals surface area contributed by atoms with Crippen LogP contribution in [0.5, 0.6) is 0 Å². The quantitative estimate of drug-likeness (QED) is 0.636. The van der Waals surface area contributed by atoms with E-state index < -0.39 is 0 Å². The predicted molar refractivity (Wildman–Crippen MR) is 67.9 cm³/mol. The third-order valence-electron chi connectivity index (χ3n) is 3.86. The zero-order valence-corrected chi connectivity index (χ0v) is 10.7. The molecule has 0 atom stereocenters. The Bertz CT molecular complexity index is 147. The summed E-state index contributed by atoms with van der Waals surface area (Å²) in [5.74, 6) is 0. The molecule has 0 aliphatic heterocycles. The summed E-state index contributed by atoms with van der Waals surface area (Å²) in [6.07, 6.45) is 13.6. The van der Waals surface area contributed by atoms with Crippen LogP contribution in [0.3, 0.4) is 0 Å². The van der Waals surface area contributed by atoms with Gasteiger partial charge in [0.15, 0.2) is 0 Å². The lowest BCUT2D eigenvalue weighted by Gasteiger charge is -2.25. The second-order valence-electron chi connectivity index (χ2n) is 6.12. The Hall–Kier alpha value is -0.0400. The van der Waals surface area contributed by atoms with Crippen LogP contribution in [-0.2, 0) is 0 Å². The number of hydrogen-bond acceptors (Lipinski definition) is 1. The third-order valence-corrected chi connectivity index (χ3v) is 3.86. The summed E-state index contributed by atoms with van der Waals surface area (Å²) in [6.45, 7) is 4.87. The molecule has 0 saturated heterocycles. The van der Waals surface area contributed by atoms with E-state index in [1.54, 1.807) is 0 Å². The van der Waals surface area contributed by atoms with Gasteiger partial charge in [-0.1, -0.05) is 52.4 Å². The Morgan fingerprint density at radius 2 is 1.27 bits per heavy atom. The van der Waals surface area contributed by atoms with E-state index in [1.165, 1.54) is 64.2 Å². The molecule has 1 nitrogen and oxygen atoms in total. The van der Waals surface area contributed by atoms with Crippen molar-refractivity contribution in [2.24, 2.45) is 11.1 Å². The van der Waals surface area contributed by atoms with Crippen molar-refractivity contribution in [3.63, 3.8) is 0 Å². The minimum absolute atomic E-state index is 0.484. The van der Waals surface area contributed by atoms with Gasteiger partial charge < -0.3 is 5.73 Å². The Morgan fingerprint density at radius 3 is 1.73 bits per heavy atom. The summed E-state index contributed by atoms with van der Waals surface area (Å²) in [6, 6.07) is 0.484. The fourth-order valence-electron chi connectivity index (χ4n) is 2.64. The van der Waals surface area contributed by atoms with E-state index in [0.717, 1.165) is 0 Å². The van der Waals surface area contributed by atoms with Gasteiger partial charge in [0.2, 0.25) is 0 Å². The molecule has 0 aromatic rings. The zero-order valence-electron chi connectivity index (χ0n) is 10.7. The predicted octanol–water partition coefficient (Wildman–Crippen LogP) is 4.25. The molecule has 0 aromatic carbocycles. The smallest absolute Gasteiger partial charge is 0.00388 e. The van der Waals surface area contributed by atoms with Crippen LogP contribution in [0.25, 0.3) is 0 Å². The molecule has 0 spiro atoms. The lowest BCUT2D eigenvalue weighted by atomic mass is 9.81. The Labute approximate surface area is 95.8 Å². The largest absolute Gasteiger partial charge is 0.328 e. The van der Waals surface area contributed by atoms with E-state index in [4.69, 9.17) is 5.73 Å². The molecule has 0 bridgehead atoms. The average molecular weight is 211 g/mol. The number of nitrogens with two attached hydrogens (primary N) is 1. The zero-order chi connectivity index (χ0) is 11.1. The maximum atomic E-state index is 6.07. The second-order valence-corrected chi connectivity index (χ2v) is 6.12. The highest BCUT2D eigenvalue weighted by molar-refractivity contribution is 4.71. The fourth-order valence-corrected chi connectivity index (χ4v) is 2.64. The van der Waals surface area contributed by atoms with Crippen molar-refractivity contribution in [3.05, 3.63) is 0 Å². The van der Waals surface area contributed by atoms with Crippen molar-refractivity contribution in [2.75, 3.05) is 0 Å². The van der Waals surface area contributed by atoms with Crippen molar-refractivity contribution in [3.8, 4) is 0 Å². The molecule has 0 radical (unpaired) electrons. The molecule has 2 N–H and O–H groups in total. The van der Waals surface area contributed by atoms with Gasteiger partial charge in [-0.15, -0.1) is 0 Å². The molecule has 15 heavy (non-hydrogen) atoms. The normalized spacial score (nSPS) is 26.6. The van der Waals surface area contributed by atoms with Crippen molar-refractivity contribution < 1.29 is 0 Å². The third kappa shape index (κ3) is 6.19. The van der Waals surface area contributed by atoms with Gasteiger partial charge in [0.25, 0.3) is 0 Å². The van der Waals surface area contributed by atoms with Crippen molar-refractivity contribution >= 4 is 0 Å². The summed E-state index contributed by atoms with van der Waals surface area (Å²) >= 11 is 0. The summed E-state index contributed by atoms with van der Waals surface area (Å²) < 4.78 is 0. The van der Waals surface area contributed by atoms with E-state index in [2.05, 4.69) is 13.8 Å². The SMILES string of the molecule is CC1(C)CCCCCC(N)CCCCC1. The first-order valence-electron chi connectivity index (χ1n) is 6.86. The van der Waals surface area contributed by atoms with Crippen molar-refractivity contribution in [1.29, 1.82) is 0 Å². The summed E-state index contributed by atoms with van der Waals surface area (Å²) in [4.78, 5) is 0. The first-order valence-corrected chi connectivity index (χ1v) is 6.86. The van der Waals surface area contributed by atoms with Crippen molar-refractivity contribution in [1.82, 2.24) is 0 Å². The fraction of sp³-hybridized carbons (Fsp3) is 1.00. The van der Waals surface area contributed by atoms with Gasteiger partial charge in [-0.2, -0.15) is 0 Å². The van der Waals surface area contributed by atoms with Gasteiger partial charge in [-0.3, -0.25) is 0 Å². The highest BCUT2D eigenvalue weighted by Gasteiger charge is 2.17. The second kappa shape index (κ2) is 6.52. The molecule has 1 aliphatic carbocycles. The highest BCUT2D eigenvalue weighted by atomic mass is 14.6. The van der Waals surface area contributed by atoms with E-state index in [-0.39, 0.29) is 0 Å². The van der Waals surface area contributed by atoms with Gasteiger partial charge >= 0.3 is 0 Å². The lowest BCUT2D eigenvalue weighted by Crippen LogP contribution is -2.20. The monoisotopic (exact) mass is 211 g/mol. The Morgan fingerprint density at radius 1 is 0.800 bits per heavy atom. The minimum Gasteiger partial charge on any atom is -0.328 e. The van der Waals surface area contributed by atoms with E-state index >= 15 is 0 Å². The lowest BCUT2D eigenvalue weighted by molar-refractivity contribution is 0.277. The van der Waals surface area contributed by atoms with Crippen LogP contribution in [0, 0.1) is 5.41 Å². The Balaban J connectivity index is 2.30. The first-order chi connectivity index (χ1) is 7.10. The molecule has 1 heteroatoms. The van der Waals surface area contributed by atoms with Crippen LogP contribution >= 0.6 is 0 Å². The Kier molecular flexibility index (Phi) is 5.66. The molecule has 1 rings (SSSR count). The van der Waals surface area contributed by atoms with Crippen LogP contribution in [0.2, 0.25) is 0 Å². The van der Waals surface area contributed by atoms with Crippen LogP contribution < -0.4 is 5.73 Å². The molecular formula is C14H29N. The molecule has 0 heterocycles. The number of hydrogen-bond donors (Lipinski definition) is 1. The van der Waals surface area contributed by atoms with Gasteiger partial charge in [0, 0.05) is 6.04 Å². The molecule has 0 unspecified atom stereocenters. The first kappa shape index (κ1) is 13.0. The van der Waals surface area contributed by atoms with Gasteiger partial charge in [0.1, 0.15) is 0 Å². The molecule has 1 aliphatic rings. The molecule has 1 fully saturated rings. The van der Waals surface area contributed by atoms with Gasteiger partial charge in [-0.25, -0.2) is 0 Å². The molecule has 0 aromatic heterocycles. The van der Waals surface area contributed by atoms with Crippen LogP contribution in [0.4, 0.5) is 0 Å². The topological polar surface area (TPSA) is 26.0 Å². The van der Waals surface area contributed by atoms with Gasteiger partial charge in [-0.05, 0) is 31.1 Å². The maximum Gasteiger partial charge on any atom is 0.00388 e. The van der Waals surface area contributed by atoms with Crippen molar-refractivity contribution in [2.45, 2.75) is 84.1 Å². The van der Waals surface area contributed by atoms with E-state index in [9.17, 15) is 0 Å². The van der Waals surface area contributed by atoms with Crippen LogP contribution in [0.1, 0.15) is 78.1 Å². The minimum atomic E-state index is 0.484. The summed E-state index contributed by atoms with van der Waals surface area (Å²) in [7, 11) is 0. The standard InChI is InChI=1S/C14H29N/c1-14(2)11-7-3-5-9-13(15)10-6-4-8-12-14/h13H,3-12,15H2,1-2H3. The molecule has 1 saturated carbocycles. The summed E-state index contributed by atoms with van der Waals surface area (Å²) in [5, 5.41) is 0. The van der Waals surface area contributed by atoms with Crippen LogP contribution in [0.15, 0.2) is 0 Å². The number of rotatable bonds is 0. The van der Waals surface area contributed by atoms with Gasteiger partial charge in [0.05, 0.1) is 0 Å².